The summed E-state index contributed by atoms with van der Waals surface area (Å²) < 4.78 is 7.15. The van der Waals surface area contributed by atoms with Gasteiger partial charge in [-0.1, -0.05) is 6.92 Å². The van der Waals surface area contributed by atoms with Crippen LogP contribution in [0.25, 0.3) is 11.0 Å². The average Bonchev–Trinajstić information content (AvgIpc) is 3.02. The van der Waals surface area contributed by atoms with Gasteiger partial charge >= 0.3 is 5.97 Å². The van der Waals surface area contributed by atoms with Crippen LogP contribution < -0.4 is 0 Å². The van der Waals surface area contributed by atoms with E-state index in [1.807, 2.05) is 20.9 Å². The summed E-state index contributed by atoms with van der Waals surface area (Å²) in [6.07, 6.45) is 1.16. The van der Waals surface area contributed by atoms with E-state index in [9.17, 15) is 4.79 Å². The van der Waals surface area contributed by atoms with Crippen molar-refractivity contribution in [1.29, 1.82) is 0 Å². The molecule has 5 nitrogen and oxygen atoms in total. The largest absolute Gasteiger partial charge is 0.462 e. The summed E-state index contributed by atoms with van der Waals surface area (Å²) in [5.41, 5.74) is 2.91. The Kier molecular flexibility index (Phi) is 3.00. The fourth-order valence-electron chi connectivity index (χ4n) is 2.62. The first-order valence-corrected chi connectivity index (χ1v) is 6.95. The zero-order valence-electron chi connectivity index (χ0n) is 12.3. The first kappa shape index (κ1) is 13.1. The smallest absolute Gasteiger partial charge is 0.339 e. The summed E-state index contributed by atoms with van der Waals surface area (Å²) in [6, 6.07) is 1.79. The van der Waals surface area contributed by atoms with Gasteiger partial charge < -0.3 is 4.74 Å². The Morgan fingerprint density at radius 2 is 2.20 bits per heavy atom. The predicted molar refractivity (Wildman–Crippen MR) is 75.5 cm³/mol. The maximum Gasteiger partial charge on any atom is 0.339 e. The molecule has 1 aliphatic carbocycles. The highest BCUT2D eigenvalue weighted by Crippen LogP contribution is 2.37. The van der Waals surface area contributed by atoms with Gasteiger partial charge in [0.1, 0.15) is 0 Å². The lowest BCUT2D eigenvalue weighted by Gasteiger charge is -2.07. The molecule has 0 bridgehead atoms. The second-order valence-corrected chi connectivity index (χ2v) is 5.79. The molecule has 0 aromatic carbocycles. The maximum atomic E-state index is 12.3. The first-order valence-electron chi connectivity index (χ1n) is 6.95. The minimum atomic E-state index is -0.268. The molecule has 20 heavy (non-hydrogen) atoms. The summed E-state index contributed by atoms with van der Waals surface area (Å²) in [5.74, 6) is 0.949. The Bertz CT molecular complexity index is 690. The number of pyridine rings is 1. The lowest BCUT2D eigenvalue weighted by Crippen LogP contribution is -2.10. The normalized spacial score (nSPS) is 21.2. The Labute approximate surface area is 117 Å². The molecular weight excluding hydrogens is 254 g/mol. The van der Waals surface area contributed by atoms with Crippen LogP contribution in [0.15, 0.2) is 6.07 Å². The molecule has 5 heteroatoms. The summed E-state index contributed by atoms with van der Waals surface area (Å²) in [7, 11) is 1.84. The Hall–Kier alpha value is -1.91. The molecule has 0 unspecified atom stereocenters. The fraction of sp³-hybridized carbons (Fsp3) is 0.533. The Morgan fingerprint density at radius 3 is 2.85 bits per heavy atom. The van der Waals surface area contributed by atoms with E-state index in [2.05, 4.69) is 17.0 Å². The van der Waals surface area contributed by atoms with Gasteiger partial charge in [0, 0.05) is 12.7 Å². The van der Waals surface area contributed by atoms with Gasteiger partial charge in [-0.15, -0.1) is 0 Å². The molecule has 2 heterocycles. The zero-order valence-corrected chi connectivity index (χ0v) is 12.3. The van der Waals surface area contributed by atoms with Gasteiger partial charge in [-0.3, -0.25) is 4.68 Å². The van der Waals surface area contributed by atoms with E-state index in [0.29, 0.717) is 24.0 Å². The van der Waals surface area contributed by atoms with Crippen molar-refractivity contribution in [2.24, 2.45) is 18.9 Å². The number of carbonyl (C=O) groups is 1. The van der Waals surface area contributed by atoms with Crippen LogP contribution in [-0.2, 0) is 11.8 Å². The number of rotatable bonds is 3. The van der Waals surface area contributed by atoms with E-state index in [1.165, 1.54) is 0 Å². The molecule has 0 spiro atoms. The molecule has 2 aromatic rings. The number of carbonyl (C=O) groups excluding carboxylic acids is 1. The van der Waals surface area contributed by atoms with Gasteiger partial charge in [0.25, 0.3) is 0 Å². The first-order chi connectivity index (χ1) is 9.47. The van der Waals surface area contributed by atoms with Crippen molar-refractivity contribution < 1.29 is 9.53 Å². The molecule has 0 amide bonds. The molecule has 1 fully saturated rings. The standard InChI is InChI=1S/C15H19N3O2/c1-8-5-11(8)7-20-15(19)12-6-9(2)16-14-13(12)10(3)17-18(14)4/h6,8,11H,5,7H2,1-4H3/t8-,11+/m0/s1. The summed E-state index contributed by atoms with van der Waals surface area (Å²) in [4.78, 5) is 16.8. The minimum absolute atomic E-state index is 0.268. The number of hydrogen-bond acceptors (Lipinski definition) is 4. The Balaban J connectivity index is 1.95. The molecule has 0 radical (unpaired) electrons. The van der Waals surface area contributed by atoms with Gasteiger partial charge in [0.15, 0.2) is 5.65 Å². The highest BCUT2D eigenvalue weighted by molar-refractivity contribution is 6.03. The molecule has 1 saturated carbocycles. The van der Waals surface area contributed by atoms with Crippen molar-refractivity contribution in [1.82, 2.24) is 14.8 Å². The van der Waals surface area contributed by atoms with E-state index in [0.717, 1.165) is 28.8 Å². The third kappa shape index (κ3) is 2.17. The topological polar surface area (TPSA) is 57.0 Å². The van der Waals surface area contributed by atoms with E-state index >= 15 is 0 Å². The molecule has 3 rings (SSSR count). The number of nitrogens with zero attached hydrogens (tertiary/aromatic N) is 3. The number of esters is 1. The molecule has 2 atom stereocenters. The summed E-state index contributed by atoms with van der Waals surface area (Å²) in [5, 5.41) is 5.14. The highest BCUT2D eigenvalue weighted by Gasteiger charge is 2.34. The van der Waals surface area contributed by atoms with Crippen LogP contribution in [0.5, 0.6) is 0 Å². The number of aromatic nitrogens is 3. The van der Waals surface area contributed by atoms with Gasteiger partial charge in [-0.25, -0.2) is 9.78 Å². The molecule has 0 aliphatic heterocycles. The average molecular weight is 273 g/mol. The number of fused-ring (bicyclic) bond motifs is 1. The predicted octanol–water partition coefficient (Wildman–Crippen LogP) is 2.40. The monoisotopic (exact) mass is 273 g/mol. The van der Waals surface area contributed by atoms with Gasteiger partial charge in [0.2, 0.25) is 0 Å². The van der Waals surface area contributed by atoms with Crippen molar-refractivity contribution >= 4 is 17.0 Å². The van der Waals surface area contributed by atoms with E-state index in [4.69, 9.17) is 4.74 Å². The van der Waals surface area contributed by atoms with Crippen LogP contribution >= 0.6 is 0 Å². The number of aryl methyl sites for hydroxylation is 3. The molecule has 106 valence electrons. The fourth-order valence-corrected chi connectivity index (χ4v) is 2.62. The maximum absolute atomic E-state index is 12.3. The zero-order chi connectivity index (χ0) is 14.4. The molecular formula is C15H19N3O2. The van der Waals surface area contributed by atoms with Crippen LogP contribution in [-0.4, -0.2) is 27.3 Å². The van der Waals surface area contributed by atoms with Gasteiger partial charge in [-0.2, -0.15) is 5.10 Å². The second kappa shape index (κ2) is 4.58. The number of ether oxygens (including phenoxy) is 1. The lowest BCUT2D eigenvalue weighted by atomic mass is 10.1. The van der Waals surface area contributed by atoms with Crippen molar-refractivity contribution in [2.45, 2.75) is 27.2 Å². The highest BCUT2D eigenvalue weighted by atomic mass is 16.5. The minimum Gasteiger partial charge on any atom is -0.462 e. The summed E-state index contributed by atoms with van der Waals surface area (Å²) >= 11 is 0. The van der Waals surface area contributed by atoms with Gasteiger partial charge in [0.05, 0.1) is 23.3 Å². The number of hydrogen-bond donors (Lipinski definition) is 0. The van der Waals surface area contributed by atoms with Crippen molar-refractivity contribution in [3.63, 3.8) is 0 Å². The van der Waals surface area contributed by atoms with Crippen LogP contribution in [0.2, 0.25) is 0 Å². The Morgan fingerprint density at radius 1 is 1.50 bits per heavy atom. The molecule has 0 N–H and O–H groups in total. The van der Waals surface area contributed by atoms with E-state index < -0.39 is 0 Å². The van der Waals surface area contributed by atoms with Crippen molar-refractivity contribution in [3.05, 3.63) is 23.0 Å². The summed E-state index contributed by atoms with van der Waals surface area (Å²) in [6.45, 7) is 6.46. The van der Waals surface area contributed by atoms with Crippen LogP contribution in [0.3, 0.4) is 0 Å². The van der Waals surface area contributed by atoms with Crippen LogP contribution in [0.1, 0.15) is 35.1 Å². The third-order valence-corrected chi connectivity index (χ3v) is 4.02. The van der Waals surface area contributed by atoms with Crippen LogP contribution in [0.4, 0.5) is 0 Å². The SMILES string of the molecule is Cc1cc(C(=O)OC[C@H]2C[C@@H]2C)c2c(C)nn(C)c2n1. The van der Waals surface area contributed by atoms with Gasteiger partial charge in [-0.05, 0) is 38.2 Å². The van der Waals surface area contributed by atoms with Crippen molar-refractivity contribution in [3.8, 4) is 0 Å². The third-order valence-electron chi connectivity index (χ3n) is 4.02. The second-order valence-electron chi connectivity index (χ2n) is 5.79. The molecule has 0 saturated heterocycles. The quantitative estimate of drug-likeness (QED) is 0.806. The van der Waals surface area contributed by atoms with Crippen molar-refractivity contribution in [2.75, 3.05) is 6.61 Å². The van der Waals surface area contributed by atoms with Crippen LogP contribution in [0, 0.1) is 25.7 Å². The molecule has 2 aromatic heterocycles. The molecule has 1 aliphatic rings. The van der Waals surface area contributed by atoms with E-state index in [-0.39, 0.29) is 5.97 Å². The lowest BCUT2D eigenvalue weighted by molar-refractivity contribution is 0.0483. The van der Waals surface area contributed by atoms with E-state index in [1.54, 1.807) is 10.7 Å².